The number of carbonyl (C=O) groups excluding carboxylic acids is 6. The molecule has 0 spiro atoms. The normalized spacial score (nSPS) is 13.2. The van der Waals surface area contributed by atoms with Gasteiger partial charge in [-0.1, -0.05) is 0 Å². The maximum Gasteiger partial charge on any atom is 0.314 e. The molecular weight excluding hydrogens is 1480 g/mol. The van der Waals surface area contributed by atoms with Gasteiger partial charge in [-0.3, -0.25) is 28.8 Å². The molecular formula is C34H42I6N6O14. The van der Waals surface area contributed by atoms with Gasteiger partial charge in [0.15, 0.2) is 0 Å². The minimum absolute atomic E-state index is 0.0767. The average molecular weight is 1520 g/mol. The number of carbonyl (C=O) groups is 6. The average Bonchev–Trinajstić information content (AvgIpc) is 3.19. The van der Waals surface area contributed by atoms with Crippen LogP contribution in [0, 0.1) is 21.4 Å². The second kappa shape index (κ2) is 25.1. The van der Waals surface area contributed by atoms with Gasteiger partial charge >= 0.3 is 11.8 Å². The summed E-state index contributed by atoms with van der Waals surface area (Å²) in [7, 11) is 5.35. The topological polar surface area (TPSA) is 301 Å². The molecule has 334 valence electrons. The van der Waals surface area contributed by atoms with Gasteiger partial charge in [-0.25, -0.2) is 0 Å². The molecule has 20 nitrogen and oxygen atoms in total. The standard InChI is InChI=1S/C34H42I6N6O14/c1-43(5-13(51)9-47)31(57)17-21(35)18(32(58)44(2)6-14(52)10-48)24(38)27(23(17)37)41-29(55)30(56)42-28-25(39)19(33(59)45(3)7-15(53)11-49)22(36)20(26(28)40)34(60)46(4)8-16(54)12-50/h13-16,47-54H,5-12H2,1-4H3,(H,41,55)(H,42,56). The van der Waals surface area contributed by atoms with Gasteiger partial charge in [0.2, 0.25) is 0 Å². The molecule has 4 unspecified atom stereocenters. The molecule has 60 heavy (non-hydrogen) atoms. The largest absolute Gasteiger partial charge is 0.394 e. The molecule has 2 aromatic carbocycles. The van der Waals surface area contributed by atoms with Crippen molar-refractivity contribution >= 4 is 182 Å². The van der Waals surface area contributed by atoms with Crippen LogP contribution in [0.3, 0.4) is 0 Å². The van der Waals surface area contributed by atoms with Crippen LogP contribution in [-0.4, -0.2) is 201 Å². The van der Waals surface area contributed by atoms with Crippen LogP contribution in [0.25, 0.3) is 0 Å². The van der Waals surface area contributed by atoms with Crippen molar-refractivity contribution in [2.75, 3.05) is 91.4 Å². The molecule has 0 heterocycles. The smallest absolute Gasteiger partial charge is 0.314 e. The summed E-state index contributed by atoms with van der Waals surface area (Å²) in [5.41, 5.74) is -0.751. The minimum Gasteiger partial charge on any atom is -0.394 e. The number of hydrogen-bond donors (Lipinski definition) is 10. The van der Waals surface area contributed by atoms with E-state index < -0.39 is 86.3 Å². The van der Waals surface area contributed by atoms with Crippen molar-refractivity contribution in [2.45, 2.75) is 24.4 Å². The minimum atomic E-state index is -1.32. The summed E-state index contributed by atoms with van der Waals surface area (Å²) in [4.78, 5) is 87.5. The number of aliphatic hydroxyl groups is 8. The van der Waals surface area contributed by atoms with Crippen LogP contribution in [0.5, 0.6) is 0 Å². The molecule has 0 aliphatic rings. The Morgan fingerprint density at radius 2 is 0.600 bits per heavy atom. The Hall–Kier alpha value is -0.680. The van der Waals surface area contributed by atoms with E-state index in [-0.39, 0.29) is 81.2 Å². The number of hydrogen-bond acceptors (Lipinski definition) is 14. The lowest BCUT2D eigenvalue weighted by Gasteiger charge is -2.26. The summed E-state index contributed by atoms with van der Waals surface area (Å²) >= 11 is 10.5. The number of likely N-dealkylation sites (N-methyl/N-ethyl adjacent to an activating group) is 4. The summed E-state index contributed by atoms with van der Waals surface area (Å²) in [6.45, 7) is -3.91. The Kier molecular flexibility index (Phi) is 23.2. The number of benzene rings is 2. The highest BCUT2D eigenvalue weighted by Crippen LogP contribution is 2.39. The molecule has 0 radical (unpaired) electrons. The SMILES string of the molecule is CN(CC(O)CO)C(=O)c1c(I)c(NC(=O)C(=O)Nc2c(I)c(C(=O)N(C)CC(O)CO)c(I)c(C(=O)N(C)CC(O)CO)c2I)c(I)c(C(=O)N(C)CC(O)CO)c1I. The van der Waals surface area contributed by atoms with Crippen LogP contribution in [0.2, 0.25) is 0 Å². The molecule has 4 atom stereocenters. The third-order valence-corrected chi connectivity index (χ3v) is 14.8. The van der Waals surface area contributed by atoms with Crippen LogP contribution in [0.1, 0.15) is 41.4 Å². The third kappa shape index (κ3) is 13.7. The van der Waals surface area contributed by atoms with Crippen molar-refractivity contribution in [3.63, 3.8) is 0 Å². The van der Waals surface area contributed by atoms with E-state index in [4.69, 9.17) is 0 Å². The van der Waals surface area contributed by atoms with Gasteiger partial charge in [-0.2, -0.15) is 0 Å². The number of amides is 6. The Bertz CT molecular complexity index is 1730. The van der Waals surface area contributed by atoms with Gasteiger partial charge in [0.25, 0.3) is 23.6 Å². The Morgan fingerprint density at radius 3 is 0.767 bits per heavy atom. The molecule has 2 aromatic rings. The summed E-state index contributed by atoms with van der Waals surface area (Å²) in [6, 6.07) is 0. The zero-order chi connectivity index (χ0) is 46.1. The van der Waals surface area contributed by atoms with E-state index in [2.05, 4.69) is 10.6 Å². The molecule has 0 fully saturated rings. The highest BCUT2D eigenvalue weighted by atomic mass is 127. The maximum atomic E-state index is 13.9. The van der Waals surface area contributed by atoms with Crippen LogP contribution in [0.15, 0.2) is 0 Å². The van der Waals surface area contributed by atoms with Gasteiger partial charge in [0.1, 0.15) is 0 Å². The van der Waals surface area contributed by atoms with Crippen LogP contribution >= 0.6 is 136 Å². The van der Waals surface area contributed by atoms with E-state index in [1.807, 2.05) is 0 Å². The fourth-order valence-corrected chi connectivity index (χ4v) is 13.9. The van der Waals surface area contributed by atoms with Crippen LogP contribution in [-0.2, 0) is 9.59 Å². The second-order valence-corrected chi connectivity index (χ2v) is 19.6. The Balaban J connectivity index is 2.83. The summed E-state index contributed by atoms with van der Waals surface area (Å²) in [6.07, 6.45) is -5.25. The van der Waals surface area contributed by atoms with Gasteiger partial charge in [0.05, 0.1) is 98.8 Å². The molecule has 0 saturated carbocycles. The molecule has 0 aliphatic heterocycles. The lowest BCUT2D eigenvalue weighted by atomic mass is 10.1. The van der Waals surface area contributed by atoms with E-state index in [1.165, 1.54) is 28.2 Å². The second-order valence-electron chi connectivity index (χ2n) is 13.1. The highest BCUT2D eigenvalue weighted by molar-refractivity contribution is 14.1. The number of aliphatic hydroxyl groups excluding tert-OH is 8. The van der Waals surface area contributed by atoms with Crippen molar-refractivity contribution in [1.82, 2.24) is 19.6 Å². The molecule has 0 aromatic heterocycles. The molecule has 2 rings (SSSR count). The first-order valence-corrected chi connectivity index (χ1v) is 23.6. The van der Waals surface area contributed by atoms with E-state index >= 15 is 0 Å². The quantitative estimate of drug-likeness (QED) is 0.0671. The van der Waals surface area contributed by atoms with Gasteiger partial charge in [-0.15, -0.1) is 0 Å². The molecule has 10 N–H and O–H groups in total. The van der Waals surface area contributed by atoms with Crippen molar-refractivity contribution in [3.05, 3.63) is 43.7 Å². The molecule has 6 amide bonds. The van der Waals surface area contributed by atoms with Gasteiger partial charge in [0, 0.05) is 61.5 Å². The summed E-state index contributed by atoms with van der Waals surface area (Å²) in [5.74, 6) is -5.58. The number of rotatable bonds is 18. The monoisotopic (exact) mass is 1520 g/mol. The first-order valence-electron chi connectivity index (χ1n) is 17.1. The van der Waals surface area contributed by atoms with E-state index in [9.17, 15) is 69.6 Å². The van der Waals surface area contributed by atoms with Gasteiger partial charge < -0.3 is 71.1 Å². The molecule has 0 bridgehead atoms. The Labute approximate surface area is 426 Å². The molecule has 0 saturated heterocycles. The number of nitrogens with one attached hydrogen (secondary N) is 2. The summed E-state index contributed by atoms with van der Waals surface area (Å²) < 4.78 is 0.529. The van der Waals surface area contributed by atoms with Crippen molar-refractivity contribution in [1.29, 1.82) is 0 Å². The fraction of sp³-hybridized carbons (Fsp3) is 0.471. The predicted molar refractivity (Wildman–Crippen MR) is 267 cm³/mol. The van der Waals surface area contributed by atoms with Gasteiger partial charge in [-0.05, 0) is 136 Å². The first kappa shape index (κ1) is 55.5. The van der Waals surface area contributed by atoms with E-state index in [0.717, 1.165) is 19.6 Å². The zero-order valence-corrected chi connectivity index (χ0v) is 45.0. The van der Waals surface area contributed by atoms with Crippen molar-refractivity contribution < 1.29 is 69.6 Å². The lowest BCUT2D eigenvalue weighted by Crippen LogP contribution is -2.39. The third-order valence-electron chi connectivity index (χ3n) is 8.34. The van der Waals surface area contributed by atoms with E-state index in [1.54, 1.807) is 136 Å². The summed E-state index contributed by atoms with van der Waals surface area (Å²) in [5, 5.41) is 82.6. The van der Waals surface area contributed by atoms with Crippen LogP contribution in [0.4, 0.5) is 11.4 Å². The van der Waals surface area contributed by atoms with Crippen molar-refractivity contribution in [2.24, 2.45) is 0 Å². The number of halogens is 6. The maximum absolute atomic E-state index is 13.9. The first-order chi connectivity index (χ1) is 27.9. The molecule has 0 aliphatic carbocycles. The number of nitrogens with zero attached hydrogens (tertiary/aromatic N) is 4. The van der Waals surface area contributed by atoms with Crippen LogP contribution < -0.4 is 10.6 Å². The van der Waals surface area contributed by atoms with E-state index in [0.29, 0.717) is 0 Å². The zero-order valence-electron chi connectivity index (χ0n) is 32.1. The highest BCUT2D eigenvalue weighted by Gasteiger charge is 2.35. The fourth-order valence-electron chi connectivity index (χ4n) is 5.23. The number of anilines is 2. The van der Waals surface area contributed by atoms with Crippen molar-refractivity contribution in [3.8, 4) is 0 Å². The lowest BCUT2D eigenvalue weighted by molar-refractivity contribution is -0.133. The molecule has 26 heteroatoms. The Morgan fingerprint density at radius 1 is 0.417 bits per heavy atom. The predicted octanol–water partition coefficient (Wildman–Crippen LogP) is -0.408.